The summed E-state index contributed by atoms with van der Waals surface area (Å²) in [5, 5.41) is 3.15. The summed E-state index contributed by atoms with van der Waals surface area (Å²) in [6.07, 6.45) is 0.616. The highest BCUT2D eigenvalue weighted by molar-refractivity contribution is 7.92. The van der Waals surface area contributed by atoms with Crippen LogP contribution in [-0.4, -0.2) is 28.0 Å². The predicted octanol–water partition coefficient (Wildman–Crippen LogP) is 5.42. The molecule has 0 bridgehead atoms. The van der Waals surface area contributed by atoms with E-state index in [9.17, 15) is 13.2 Å². The maximum atomic E-state index is 13.0. The summed E-state index contributed by atoms with van der Waals surface area (Å²) in [4.78, 5) is 12.9. The third-order valence-corrected chi connectivity index (χ3v) is 6.98. The van der Waals surface area contributed by atoms with E-state index < -0.39 is 15.9 Å². The van der Waals surface area contributed by atoms with Crippen LogP contribution in [0, 0.1) is 0 Å². The van der Waals surface area contributed by atoms with Crippen molar-refractivity contribution in [2.24, 2.45) is 0 Å². The van der Waals surface area contributed by atoms with Gasteiger partial charge in [0.15, 0.2) is 0 Å². The minimum absolute atomic E-state index is 0.0975. The first-order chi connectivity index (χ1) is 16.0. The number of hydrogen-bond acceptors (Lipinski definition) is 4. The van der Waals surface area contributed by atoms with E-state index in [1.54, 1.807) is 37.4 Å². The lowest BCUT2D eigenvalue weighted by Gasteiger charge is -2.19. The highest BCUT2D eigenvalue weighted by atomic mass is 35.5. The second-order valence-electron chi connectivity index (χ2n) is 8.92. The number of ether oxygens (including phenoxy) is 1. The van der Waals surface area contributed by atoms with Crippen molar-refractivity contribution in [1.29, 1.82) is 0 Å². The Kier molecular flexibility index (Phi) is 7.89. The largest absolute Gasteiger partial charge is 0.497 e. The van der Waals surface area contributed by atoms with Gasteiger partial charge in [-0.05, 0) is 65.4 Å². The number of rotatable bonds is 8. The maximum absolute atomic E-state index is 13.0. The summed E-state index contributed by atoms with van der Waals surface area (Å²) in [5.74, 6) is 0.366. The second-order valence-corrected chi connectivity index (χ2v) is 11.0. The summed E-state index contributed by atoms with van der Waals surface area (Å²) in [7, 11) is -2.31. The van der Waals surface area contributed by atoms with Crippen LogP contribution in [0.3, 0.4) is 0 Å². The molecule has 0 saturated carbocycles. The SMILES string of the molecule is COc1ccc(CCNC(=O)c2ccc(Cl)cc2NS(=O)(=O)c2ccc(C(C)(C)C)cc2)cc1. The first-order valence-electron chi connectivity index (χ1n) is 10.8. The molecular weight excluding hydrogens is 472 g/mol. The van der Waals surface area contributed by atoms with Crippen LogP contribution in [0.5, 0.6) is 5.75 Å². The van der Waals surface area contributed by atoms with Gasteiger partial charge in [0.2, 0.25) is 0 Å². The summed E-state index contributed by atoms with van der Waals surface area (Å²) in [6.45, 7) is 6.55. The summed E-state index contributed by atoms with van der Waals surface area (Å²) in [6, 6.07) is 18.8. The second kappa shape index (κ2) is 10.5. The Labute approximate surface area is 206 Å². The summed E-state index contributed by atoms with van der Waals surface area (Å²) < 4.78 is 33.7. The molecule has 3 aromatic rings. The van der Waals surface area contributed by atoms with Crippen LogP contribution in [0.1, 0.15) is 42.3 Å². The normalized spacial score (nSPS) is 11.7. The number of carbonyl (C=O) groups is 1. The summed E-state index contributed by atoms with van der Waals surface area (Å²) >= 11 is 6.10. The van der Waals surface area contributed by atoms with Gasteiger partial charge in [-0.15, -0.1) is 0 Å². The molecule has 0 aliphatic heterocycles. The van der Waals surface area contributed by atoms with Crippen LogP contribution in [-0.2, 0) is 21.9 Å². The van der Waals surface area contributed by atoms with Gasteiger partial charge in [-0.2, -0.15) is 0 Å². The van der Waals surface area contributed by atoms with E-state index in [-0.39, 0.29) is 21.6 Å². The smallest absolute Gasteiger partial charge is 0.261 e. The van der Waals surface area contributed by atoms with Gasteiger partial charge in [-0.3, -0.25) is 9.52 Å². The van der Waals surface area contributed by atoms with Crippen molar-refractivity contribution in [3.63, 3.8) is 0 Å². The number of anilines is 1. The van der Waals surface area contributed by atoms with Gasteiger partial charge in [0, 0.05) is 11.6 Å². The lowest BCUT2D eigenvalue weighted by atomic mass is 9.87. The third kappa shape index (κ3) is 6.52. The standard InChI is InChI=1S/C26H29ClN2O4S/c1-26(2,3)19-7-12-22(13-8-19)34(31,32)29-24-17-20(27)9-14-23(24)25(30)28-16-15-18-5-10-21(33-4)11-6-18/h5-14,17,29H,15-16H2,1-4H3,(H,28,30). The monoisotopic (exact) mass is 500 g/mol. The van der Waals surface area contributed by atoms with Crippen LogP contribution >= 0.6 is 11.6 Å². The van der Waals surface area contributed by atoms with E-state index in [0.717, 1.165) is 16.9 Å². The molecule has 0 radical (unpaired) electrons. The Morgan fingerprint density at radius 1 is 0.971 bits per heavy atom. The molecular formula is C26H29ClN2O4S. The molecule has 0 aliphatic carbocycles. The number of nitrogens with one attached hydrogen (secondary N) is 2. The van der Waals surface area contributed by atoms with E-state index in [0.29, 0.717) is 18.0 Å². The van der Waals surface area contributed by atoms with Gasteiger partial charge in [0.25, 0.3) is 15.9 Å². The van der Waals surface area contributed by atoms with Crippen molar-refractivity contribution in [3.05, 3.63) is 88.4 Å². The Balaban J connectivity index is 1.73. The van der Waals surface area contributed by atoms with E-state index in [1.807, 2.05) is 24.3 Å². The Hall–Kier alpha value is -3.03. The Bertz CT molecular complexity index is 1250. The Morgan fingerprint density at radius 2 is 1.62 bits per heavy atom. The number of carbonyl (C=O) groups excluding carboxylic acids is 1. The van der Waals surface area contributed by atoms with Crippen LogP contribution in [0.4, 0.5) is 5.69 Å². The molecule has 0 aromatic heterocycles. The first-order valence-corrected chi connectivity index (χ1v) is 12.7. The highest BCUT2D eigenvalue weighted by Gasteiger charge is 2.21. The van der Waals surface area contributed by atoms with Crippen LogP contribution in [0.15, 0.2) is 71.6 Å². The van der Waals surface area contributed by atoms with Gasteiger partial charge in [-0.1, -0.05) is 56.6 Å². The van der Waals surface area contributed by atoms with Gasteiger partial charge in [-0.25, -0.2) is 8.42 Å². The Morgan fingerprint density at radius 3 is 2.21 bits per heavy atom. The fourth-order valence-electron chi connectivity index (χ4n) is 3.34. The van der Waals surface area contributed by atoms with Gasteiger partial charge in [0.05, 0.1) is 23.3 Å². The molecule has 0 spiro atoms. The van der Waals surface area contributed by atoms with Crippen molar-refractivity contribution < 1.29 is 17.9 Å². The van der Waals surface area contributed by atoms with Crippen LogP contribution < -0.4 is 14.8 Å². The fraction of sp³-hybridized carbons (Fsp3) is 0.269. The first kappa shape index (κ1) is 25.6. The molecule has 8 heteroatoms. The molecule has 0 heterocycles. The van der Waals surface area contributed by atoms with E-state index >= 15 is 0 Å². The van der Waals surface area contributed by atoms with E-state index in [2.05, 4.69) is 30.8 Å². The van der Waals surface area contributed by atoms with Crippen molar-refractivity contribution in [2.75, 3.05) is 18.4 Å². The van der Waals surface area contributed by atoms with Crippen molar-refractivity contribution in [1.82, 2.24) is 5.32 Å². The number of benzene rings is 3. The zero-order chi connectivity index (χ0) is 24.9. The van der Waals surface area contributed by atoms with Gasteiger partial charge >= 0.3 is 0 Å². The number of amides is 1. The highest BCUT2D eigenvalue weighted by Crippen LogP contribution is 2.27. The van der Waals surface area contributed by atoms with Gasteiger partial charge < -0.3 is 10.1 Å². The number of halogens is 1. The molecule has 0 saturated heterocycles. The molecule has 0 atom stereocenters. The number of methoxy groups -OCH3 is 1. The van der Waals surface area contributed by atoms with Crippen molar-refractivity contribution in [3.8, 4) is 5.75 Å². The molecule has 1 amide bonds. The number of hydrogen-bond donors (Lipinski definition) is 2. The lowest BCUT2D eigenvalue weighted by Crippen LogP contribution is -2.27. The predicted molar refractivity (Wildman–Crippen MR) is 136 cm³/mol. The molecule has 3 rings (SSSR count). The number of sulfonamides is 1. The minimum atomic E-state index is -3.92. The van der Waals surface area contributed by atoms with Crippen molar-refractivity contribution >= 4 is 33.2 Å². The molecule has 6 nitrogen and oxygen atoms in total. The lowest BCUT2D eigenvalue weighted by molar-refractivity contribution is 0.0955. The molecule has 2 N–H and O–H groups in total. The molecule has 0 unspecified atom stereocenters. The molecule has 3 aromatic carbocycles. The quantitative estimate of drug-likeness (QED) is 0.432. The average molecular weight is 501 g/mol. The van der Waals surface area contributed by atoms with Crippen molar-refractivity contribution in [2.45, 2.75) is 37.5 Å². The zero-order valence-electron chi connectivity index (χ0n) is 19.7. The fourth-order valence-corrected chi connectivity index (χ4v) is 4.59. The molecule has 34 heavy (non-hydrogen) atoms. The van der Waals surface area contributed by atoms with Gasteiger partial charge in [0.1, 0.15) is 5.75 Å². The zero-order valence-corrected chi connectivity index (χ0v) is 21.3. The minimum Gasteiger partial charge on any atom is -0.497 e. The van der Waals surface area contributed by atoms with E-state index in [1.165, 1.54) is 12.1 Å². The maximum Gasteiger partial charge on any atom is 0.261 e. The third-order valence-electron chi connectivity index (χ3n) is 5.36. The molecule has 0 aliphatic rings. The average Bonchev–Trinajstić information content (AvgIpc) is 2.79. The van der Waals surface area contributed by atoms with Crippen LogP contribution in [0.2, 0.25) is 5.02 Å². The molecule has 180 valence electrons. The van der Waals surface area contributed by atoms with E-state index in [4.69, 9.17) is 16.3 Å². The summed E-state index contributed by atoms with van der Waals surface area (Å²) in [5.41, 5.74) is 2.27. The van der Waals surface area contributed by atoms with Crippen LogP contribution in [0.25, 0.3) is 0 Å². The molecule has 0 fully saturated rings. The topological polar surface area (TPSA) is 84.5 Å².